The van der Waals surface area contributed by atoms with Gasteiger partial charge in [0.2, 0.25) is 5.91 Å². The quantitative estimate of drug-likeness (QED) is 0.475. The van der Waals surface area contributed by atoms with E-state index in [1.165, 1.54) is 34.4 Å². The maximum absolute atomic E-state index is 13.2. The van der Waals surface area contributed by atoms with Gasteiger partial charge in [0.15, 0.2) is 0 Å². The minimum atomic E-state index is -1.12. The number of carboxylic acids is 1. The summed E-state index contributed by atoms with van der Waals surface area (Å²) in [4.78, 5) is 42.9. The van der Waals surface area contributed by atoms with Crippen molar-refractivity contribution in [3.63, 3.8) is 0 Å². The number of nitrogens with zero attached hydrogens (tertiary/aromatic N) is 2. The molecule has 0 fully saturated rings. The molecule has 0 bridgehead atoms. The number of benzene rings is 2. The third-order valence-electron chi connectivity index (χ3n) is 4.93. The van der Waals surface area contributed by atoms with Gasteiger partial charge in [-0.05, 0) is 24.6 Å². The van der Waals surface area contributed by atoms with Crippen LogP contribution in [-0.2, 0) is 11.3 Å². The molecule has 4 aromatic rings. The molecule has 0 aliphatic carbocycles. The lowest BCUT2D eigenvalue weighted by Crippen LogP contribution is -2.24. The summed E-state index contributed by atoms with van der Waals surface area (Å²) in [6.07, 6.45) is 1.46. The van der Waals surface area contributed by atoms with Crippen LogP contribution in [0.2, 0.25) is 0 Å². The molecule has 0 atom stereocenters. The minimum absolute atomic E-state index is 0.00480. The number of aromatic nitrogens is 2. The van der Waals surface area contributed by atoms with Crippen molar-refractivity contribution in [3.05, 3.63) is 81.7 Å². The number of nitrogens with one attached hydrogen (secondary N) is 1. The molecule has 0 unspecified atom stereocenters. The molecule has 0 saturated heterocycles. The Hall–Kier alpha value is -3.78. The van der Waals surface area contributed by atoms with Crippen molar-refractivity contribution in [1.29, 1.82) is 0 Å². The van der Waals surface area contributed by atoms with Gasteiger partial charge >= 0.3 is 5.97 Å². The van der Waals surface area contributed by atoms with Crippen LogP contribution in [0.4, 0.5) is 5.69 Å². The number of fused-ring (bicyclic) bond motifs is 1. The Kier molecular flexibility index (Phi) is 5.64. The van der Waals surface area contributed by atoms with Crippen LogP contribution < -0.4 is 10.9 Å². The summed E-state index contributed by atoms with van der Waals surface area (Å²) in [6.45, 7) is 2.10. The van der Waals surface area contributed by atoms with Crippen LogP contribution in [0.1, 0.15) is 21.7 Å². The van der Waals surface area contributed by atoms with E-state index in [1.807, 2.05) is 37.3 Å². The van der Waals surface area contributed by atoms with Crippen molar-refractivity contribution in [2.75, 3.05) is 5.32 Å². The van der Waals surface area contributed by atoms with Crippen LogP contribution in [0.5, 0.6) is 0 Å². The average molecular weight is 433 g/mol. The Bertz CT molecular complexity index is 1340. The molecule has 0 aliphatic rings. The highest BCUT2D eigenvalue weighted by atomic mass is 32.1. The highest BCUT2D eigenvalue weighted by Crippen LogP contribution is 2.35. The number of aromatic carboxylic acids is 1. The zero-order valence-electron chi connectivity index (χ0n) is 16.7. The zero-order chi connectivity index (χ0) is 22.0. The molecule has 2 heterocycles. The van der Waals surface area contributed by atoms with Crippen LogP contribution in [0.3, 0.4) is 0 Å². The van der Waals surface area contributed by atoms with Gasteiger partial charge in [-0.2, -0.15) is 0 Å². The summed E-state index contributed by atoms with van der Waals surface area (Å²) < 4.78 is 1.42. The lowest BCUT2D eigenvalue weighted by molar-refractivity contribution is -0.116. The molecular weight excluding hydrogens is 414 g/mol. The number of carboxylic acid groups (broad SMARTS) is 1. The topological polar surface area (TPSA) is 101 Å². The standard InChI is InChI=1S/C23H19N3O4S/c1-14-19(15-7-3-2-4-8-15)20-21(31-14)24-13-26(22(20)28)12-11-18(27)25-17-10-6-5-9-16(17)23(29)30/h2-10,13H,11-12H2,1H3,(H,25,27)(H,29,30). The molecule has 0 spiro atoms. The molecular formula is C23H19N3O4S. The van der Waals surface area contributed by atoms with Crippen LogP contribution in [-0.4, -0.2) is 26.5 Å². The normalized spacial score (nSPS) is 10.9. The lowest BCUT2D eigenvalue weighted by atomic mass is 10.0. The van der Waals surface area contributed by atoms with Gasteiger partial charge in [0.05, 0.1) is 23.0 Å². The van der Waals surface area contributed by atoms with E-state index >= 15 is 0 Å². The van der Waals surface area contributed by atoms with E-state index in [9.17, 15) is 19.5 Å². The summed E-state index contributed by atoms with van der Waals surface area (Å²) in [5.41, 5.74) is 1.85. The number of carbonyl (C=O) groups is 2. The fraction of sp³-hybridized carbons (Fsp3) is 0.130. The first-order valence-electron chi connectivity index (χ1n) is 9.62. The van der Waals surface area contributed by atoms with Crippen molar-refractivity contribution in [3.8, 4) is 11.1 Å². The summed E-state index contributed by atoms with van der Waals surface area (Å²) in [7, 11) is 0. The average Bonchev–Trinajstić information content (AvgIpc) is 3.11. The van der Waals surface area contributed by atoms with Crippen LogP contribution in [0, 0.1) is 6.92 Å². The van der Waals surface area contributed by atoms with E-state index in [0.717, 1.165) is 16.0 Å². The Labute approximate surface area is 181 Å². The highest BCUT2D eigenvalue weighted by Gasteiger charge is 2.17. The van der Waals surface area contributed by atoms with Crippen molar-refractivity contribution in [2.45, 2.75) is 19.9 Å². The predicted octanol–water partition coefficient (Wildman–Crippen LogP) is 4.16. The number of carbonyl (C=O) groups excluding carboxylic acids is 1. The van der Waals surface area contributed by atoms with E-state index in [1.54, 1.807) is 12.1 Å². The van der Waals surface area contributed by atoms with E-state index < -0.39 is 5.97 Å². The number of hydrogen-bond donors (Lipinski definition) is 2. The maximum atomic E-state index is 13.2. The SMILES string of the molecule is Cc1sc2ncn(CCC(=O)Nc3ccccc3C(=O)O)c(=O)c2c1-c1ccccc1. The Morgan fingerprint density at radius 2 is 1.81 bits per heavy atom. The van der Waals surface area contributed by atoms with Gasteiger partial charge in [0, 0.05) is 23.4 Å². The van der Waals surface area contributed by atoms with Crippen LogP contribution in [0.25, 0.3) is 21.3 Å². The van der Waals surface area contributed by atoms with Gasteiger partial charge in [0.1, 0.15) is 4.83 Å². The summed E-state index contributed by atoms with van der Waals surface area (Å²) >= 11 is 1.47. The summed E-state index contributed by atoms with van der Waals surface area (Å²) in [5, 5.41) is 12.4. The predicted molar refractivity (Wildman–Crippen MR) is 121 cm³/mol. The lowest BCUT2D eigenvalue weighted by Gasteiger charge is -2.09. The van der Waals surface area contributed by atoms with Crippen LogP contribution in [0.15, 0.2) is 65.7 Å². The minimum Gasteiger partial charge on any atom is -0.478 e. The Morgan fingerprint density at radius 3 is 2.55 bits per heavy atom. The molecule has 4 rings (SSSR count). The van der Waals surface area contributed by atoms with Gasteiger partial charge in [-0.25, -0.2) is 9.78 Å². The number of amides is 1. The second kappa shape index (κ2) is 8.53. The van der Waals surface area contributed by atoms with E-state index in [2.05, 4.69) is 10.3 Å². The number of thiophene rings is 1. The Morgan fingerprint density at radius 1 is 1.10 bits per heavy atom. The number of hydrogen-bond acceptors (Lipinski definition) is 5. The number of aryl methyl sites for hydroxylation is 2. The van der Waals surface area contributed by atoms with Gasteiger partial charge in [-0.15, -0.1) is 11.3 Å². The molecule has 0 radical (unpaired) electrons. The first-order valence-corrected chi connectivity index (χ1v) is 10.4. The van der Waals surface area contributed by atoms with Crippen molar-refractivity contribution in [2.24, 2.45) is 0 Å². The largest absolute Gasteiger partial charge is 0.478 e. The molecule has 2 N–H and O–H groups in total. The zero-order valence-corrected chi connectivity index (χ0v) is 17.5. The molecule has 1 amide bonds. The van der Waals surface area contributed by atoms with Crippen molar-refractivity contribution < 1.29 is 14.7 Å². The molecule has 7 nitrogen and oxygen atoms in total. The molecule has 156 valence electrons. The third-order valence-corrected chi connectivity index (χ3v) is 5.94. The van der Waals surface area contributed by atoms with Crippen LogP contribution >= 0.6 is 11.3 Å². The van der Waals surface area contributed by atoms with Gasteiger partial charge in [0.25, 0.3) is 5.56 Å². The molecule has 31 heavy (non-hydrogen) atoms. The van der Waals surface area contributed by atoms with Gasteiger partial charge < -0.3 is 10.4 Å². The molecule has 2 aromatic carbocycles. The van der Waals surface area contributed by atoms with E-state index in [0.29, 0.717) is 10.2 Å². The summed E-state index contributed by atoms with van der Waals surface area (Å²) in [5.74, 6) is -1.51. The van der Waals surface area contributed by atoms with E-state index in [-0.39, 0.29) is 35.7 Å². The smallest absolute Gasteiger partial charge is 0.337 e. The van der Waals surface area contributed by atoms with E-state index in [4.69, 9.17) is 0 Å². The first-order chi connectivity index (χ1) is 15.0. The fourth-order valence-electron chi connectivity index (χ4n) is 3.46. The molecule has 0 aliphatic heterocycles. The van der Waals surface area contributed by atoms with Crippen molar-refractivity contribution in [1.82, 2.24) is 9.55 Å². The molecule has 2 aromatic heterocycles. The first kappa shape index (κ1) is 20.5. The monoisotopic (exact) mass is 433 g/mol. The third kappa shape index (κ3) is 4.10. The highest BCUT2D eigenvalue weighted by molar-refractivity contribution is 7.19. The maximum Gasteiger partial charge on any atom is 0.337 e. The Balaban J connectivity index is 1.59. The molecule has 8 heteroatoms. The number of anilines is 1. The van der Waals surface area contributed by atoms with Crippen molar-refractivity contribution >= 4 is 39.1 Å². The fourth-order valence-corrected chi connectivity index (χ4v) is 4.47. The number of rotatable bonds is 6. The van der Waals surface area contributed by atoms with Gasteiger partial charge in [-0.3, -0.25) is 14.2 Å². The van der Waals surface area contributed by atoms with Gasteiger partial charge in [-0.1, -0.05) is 42.5 Å². The second-order valence-electron chi connectivity index (χ2n) is 6.97. The molecule has 0 saturated carbocycles. The number of para-hydroxylation sites is 1. The summed E-state index contributed by atoms with van der Waals surface area (Å²) in [6, 6.07) is 15.9. The second-order valence-corrected chi connectivity index (χ2v) is 8.17.